The number of rotatable bonds is 7. The molecule has 0 saturated carbocycles. The summed E-state index contributed by atoms with van der Waals surface area (Å²) >= 11 is 0. The summed E-state index contributed by atoms with van der Waals surface area (Å²) in [4.78, 5) is 15.0. The van der Waals surface area contributed by atoms with Gasteiger partial charge in [0.2, 0.25) is 0 Å². The van der Waals surface area contributed by atoms with E-state index in [0.29, 0.717) is 12.4 Å². The van der Waals surface area contributed by atoms with E-state index in [9.17, 15) is 9.90 Å². The second-order valence-corrected chi connectivity index (χ2v) is 7.21. The number of benzene rings is 3. The van der Waals surface area contributed by atoms with E-state index in [2.05, 4.69) is 4.98 Å². The molecular formula is C25H23NO4. The van der Waals surface area contributed by atoms with Crippen LogP contribution in [0.15, 0.2) is 66.7 Å². The zero-order valence-corrected chi connectivity index (χ0v) is 16.9. The fourth-order valence-electron chi connectivity index (χ4n) is 3.65. The SMILES string of the molecule is COc1cc(C)c2[nH]c(-c3ccc(OCc4ccccc4)cc3)c(CC(=O)O)c2c1. The van der Waals surface area contributed by atoms with Crippen molar-refractivity contribution < 1.29 is 19.4 Å². The lowest BCUT2D eigenvalue weighted by Crippen LogP contribution is -2.01. The third-order valence-electron chi connectivity index (χ3n) is 5.14. The lowest BCUT2D eigenvalue weighted by atomic mass is 10.0. The number of aryl methyl sites for hydroxylation is 1. The Morgan fingerprint density at radius 2 is 1.73 bits per heavy atom. The van der Waals surface area contributed by atoms with Crippen LogP contribution in [0.2, 0.25) is 0 Å². The molecule has 4 rings (SSSR count). The van der Waals surface area contributed by atoms with Gasteiger partial charge in [0.25, 0.3) is 0 Å². The van der Waals surface area contributed by atoms with E-state index in [1.807, 2.05) is 73.7 Å². The predicted molar refractivity (Wildman–Crippen MR) is 117 cm³/mol. The Hall–Kier alpha value is -3.73. The molecule has 1 heterocycles. The smallest absolute Gasteiger partial charge is 0.307 e. The number of aromatic nitrogens is 1. The van der Waals surface area contributed by atoms with Crippen molar-refractivity contribution in [1.82, 2.24) is 4.98 Å². The fourth-order valence-corrected chi connectivity index (χ4v) is 3.65. The van der Waals surface area contributed by atoms with Gasteiger partial charge in [0.05, 0.1) is 19.2 Å². The van der Waals surface area contributed by atoms with E-state index in [1.165, 1.54) is 0 Å². The molecule has 0 amide bonds. The third kappa shape index (κ3) is 4.01. The number of nitrogens with one attached hydrogen (secondary N) is 1. The highest BCUT2D eigenvalue weighted by molar-refractivity contribution is 5.96. The van der Waals surface area contributed by atoms with E-state index in [0.717, 1.165) is 44.6 Å². The van der Waals surface area contributed by atoms with E-state index < -0.39 is 5.97 Å². The molecule has 0 atom stereocenters. The summed E-state index contributed by atoms with van der Waals surface area (Å²) in [7, 11) is 1.61. The van der Waals surface area contributed by atoms with Crippen molar-refractivity contribution in [2.24, 2.45) is 0 Å². The average Bonchev–Trinajstić information content (AvgIpc) is 3.11. The van der Waals surface area contributed by atoms with E-state index >= 15 is 0 Å². The molecule has 1 aromatic heterocycles. The van der Waals surface area contributed by atoms with E-state index in [4.69, 9.17) is 9.47 Å². The van der Waals surface area contributed by atoms with Gasteiger partial charge in [0, 0.05) is 10.9 Å². The average molecular weight is 401 g/mol. The Morgan fingerprint density at radius 3 is 2.40 bits per heavy atom. The number of fused-ring (bicyclic) bond motifs is 1. The van der Waals surface area contributed by atoms with Crippen molar-refractivity contribution in [3.63, 3.8) is 0 Å². The molecule has 152 valence electrons. The summed E-state index contributed by atoms with van der Waals surface area (Å²) in [5.41, 5.74) is 5.49. The molecule has 0 saturated heterocycles. The Balaban J connectivity index is 1.68. The second kappa shape index (κ2) is 8.33. The second-order valence-electron chi connectivity index (χ2n) is 7.21. The van der Waals surface area contributed by atoms with Crippen molar-refractivity contribution in [3.8, 4) is 22.8 Å². The van der Waals surface area contributed by atoms with Crippen LogP contribution >= 0.6 is 0 Å². The molecular weight excluding hydrogens is 378 g/mol. The van der Waals surface area contributed by atoms with Crippen molar-refractivity contribution in [1.29, 1.82) is 0 Å². The van der Waals surface area contributed by atoms with Crippen LogP contribution in [0.25, 0.3) is 22.2 Å². The number of methoxy groups -OCH3 is 1. The largest absolute Gasteiger partial charge is 0.497 e. The van der Waals surface area contributed by atoms with Gasteiger partial charge in [-0.3, -0.25) is 4.79 Å². The van der Waals surface area contributed by atoms with Crippen molar-refractivity contribution >= 4 is 16.9 Å². The van der Waals surface area contributed by atoms with Gasteiger partial charge in [0.15, 0.2) is 0 Å². The number of aromatic amines is 1. The zero-order chi connectivity index (χ0) is 21.1. The van der Waals surface area contributed by atoms with Gasteiger partial charge in [0.1, 0.15) is 18.1 Å². The van der Waals surface area contributed by atoms with E-state index in [1.54, 1.807) is 7.11 Å². The molecule has 0 aliphatic heterocycles. The molecule has 2 N–H and O–H groups in total. The topological polar surface area (TPSA) is 71.5 Å². The Labute approximate surface area is 174 Å². The standard InChI is InChI=1S/C25H23NO4/c1-16-12-20(29-2)13-21-22(14-23(27)28)25(26-24(16)21)18-8-10-19(11-9-18)30-15-17-6-4-3-5-7-17/h3-13,26H,14-15H2,1-2H3,(H,27,28). The maximum Gasteiger partial charge on any atom is 0.307 e. The summed E-state index contributed by atoms with van der Waals surface area (Å²) in [6.07, 6.45) is -0.0752. The van der Waals surface area contributed by atoms with Gasteiger partial charge in [-0.2, -0.15) is 0 Å². The van der Waals surface area contributed by atoms with Crippen LogP contribution in [0.5, 0.6) is 11.5 Å². The molecule has 0 fully saturated rings. The third-order valence-corrected chi connectivity index (χ3v) is 5.14. The maximum absolute atomic E-state index is 11.5. The minimum atomic E-state index is -0.875. The Bertz CT molecular complexity index is 1180. The van der Waals surface area contributed by atoms with Gasteiger partial charge in [-0.25, -0.2) is 0 Å². The van der Waals surface area contributed by atoms with E-state index in [-0.39, 0.29) is 6.42 Å². The highest BCUT2D eigenvalue weighted by atomic mass is 16.5. The first-order chi connectivity index (χ1) is 14.5. The summed E-state index contributed by atoms with van der Waals surface area (Å²) in [5, 5.41) is 10.3. The lowest BCUT2D eigenvalue weighted by molar-refractivity contribution is -0.136. The number of carboxylic acids is 1. The number of carboxylic acid groups (broad SMARTS) is 1. The van der Waals surface area contributed by atoms with Gasteiger partial charge in [-0.1, -0.05) is 30.3 Å². The van der Waals surface area contributed by atoms with Gasteiger partial charge in [-0.05, 0) is 65.6 Å². The van der Waals surface area contributed by atoms with Crippen LogP contribution in [0, 0.1) is 6.92 Å². The Morgan fingerprint density at radius 1 is 1.00 bits per heavy atom. The molecule has 5 nitrogen and oxygen atoms in total. The zero-order valence-electron chi connectivity index (χ0n) is 16.9. The van der Waals surface area contributed by atoms with Crippen LogP contribution in [-0.4, -0.2) is 23.2 Å². The minimum Gasteiger partial charge on any atom is -0.497 e. The van der Waals surface area contributed by atoms with Gasteiger partial charge in [-0.15, -0.1) is 0 Å². The maximum atomic E-state index is 11.5. The molecule has 0 unspecified atom stereocenters. The molecule has 5 heteroatoms. The van der Waals surface area contributed by atoms with Crippen LogP contribution in [0.4, 0.5) is 0 Å². The molecule has 0 spiro atoms. The number of carbonyl (C=O) groups is 1. The predicted octanol–water partition coefficient (Wildman–Crippen LogP) is 5.36. The van der Waals surface area contributed by atoms with Gasteiger partial charge < -0.3 is 19.6 Å². The number of ether oxygens (including phenoxy) is 2. The molecule has 0 aliphatic rings. The first-order valence-corrected chi connectivity index (χ1v) is 9.73. The summed E-state index contributed by atoms with van der Waals surface area (Å²) < 4.78 is 11.2. The molecule has 0 radical (unpaired) electrons. The Kier molecular flexibility index (Phi) is 5.44. The van der Waals surface area contributed by atoms with Gasteiger partial charge >= 0.3 is 5.97 Å². The quantitative estimate of drug-likeness (QED) is 0.437. The normalized spacial score (nSPS) is 10.9. The number of hydrogen-bond donors (Lipinski definition) is 2. The van der Waals surface area contributed by atoms with Crippen molar-refractivity contribution in [2.75, 3.05) is 7.11 Å². The molecule has 30 heavy (non-hydrogen) atoms. The highest BCUT2D eigenvalue weighted by Gasteiger charge is 2.18. The van der Waals surface area contributed by atoms with Crippen LogP contribution < -0.4 is 9.47 Å². The highest BCUT2D eigenvalue weighted by Crippen LogP contribution is 2.35. The molecule has 4 aromatic rings. The summed E-state index contributed by atoms with van der Waals surface area (Å²) in [6.45, 7) is 2.48. The summed E-state index contributed by atoms with van der Waals surface area (Å²) in [6, 6.07) is 21.5. The van der Waals surface area contributed by atoms with Crippen molar-refractivity contribution in [3.05, 3.63) is 83.4 Å². The molecule has 3 aromatic carbocycles. The molecule has 0 aliphatic carbocycles. The van der Waals surface area contributed by atoms with Crippen LogP contribution in [0.3, 0.4) is 0 Å². The van der Waals surface area contributed by atoms with Crippen LogP contribution in [0.1, 0.15) is 16.7 Å². The number of aliphatic carboxylic acids is 1. The van der Waals surface area contributed by atoms with Crippen LogP contribution in [-0.2, 0) is 17.8 Å². The monoisotopic (exact) mass is 401 g/mol. The van der Waals surface area contributed by atoms with Crippen molar-refractivity contribution in [2.45, 2.75) is 20.0 Å². The fraction of sp³-hybridized carbons (Fsp3) is 0.160. The number of H-pyrrole nitrogens is 1. The number of hydrogen-bond acceptors (Lipinski definition) is 3. The molecule has 0 bridgehead atoms. The first kappa shape index (κ1) is 19.6. The first-order valence-electron chi connectivity index (χ1n) is 9.73. The minimum absolute atomic E-state index is 0.0752. The lowest BCUT2D eigenvalue weighted by Gasteiger charge is -2.08. The summed E-state index contributed by atoms with van der Waals surface area (Å²) in [5.74, 6) is 0.596.